The number of anilines is 1. The fraction of sp³-hybridized carbons (Fsp3) is 0.571. The first-order valence-electron chi connectivity index (χ1n) is 6.41. The van der Waals surface area contributed by atoms with Gasteiger partial charge in [-0.15, -0.1) is 0 Å². The highest BCUT2D eigenvalue weighted by Gasteiger charge is 2.24. The quantitative estimate of drug-likeness (QED) is 0.841. The molecule has 0 fully saturated rings. The Morgan fingerprint density at radius 2 is 2.19 bits per heavy atom. The van der Waals surface area contributed by atoms with Crippen LogP contribution in [0.3, 0.4) is 0 Å². The van der Waals surface area contributed by atoms with Crippen molar-refractivity contribution in [3.8, 4) is 0 Å². The van der Waals surface area contributed by atoms with Crippen LogP contribution in [0.1, 0.15) is 31.7 Å². The molecule has 2 N–H and O–H groups in total. The molecule has 2 heteroatoms. The molecular weight excluding hydrogens is 196 g/mol. The van der Waals surface area contributed by atoms with E-state index in [0.717, 1.165) is 13.1 Å². The van der Waals surface area contributed by atoms with Gasteiger partial charge in [-0.2, -0.15) is 0 Å². The summed E-state index contributed by atoms with van der Waals surface area (Å²) >= 11 is 0. The van der Waals surface area contributed by atoms with Crippen LogP contribution in [0.5, 0.6) is 0 Å². The molecule has 1 aromatic rings. The number of aryl methyl sites for hydroxylation is 1. The third-order valence-corrected chi connectivity index (χ3v) is 3.48. The van der Waals surface area contributed by atoms with Gasteiger partial charge in [-0.05, 0) is 30.9 Å². The van der Waals surface area contributed by atoms with Crippen LogP contribution in [0.4, 0.5) is 5.69 Å². The largest absolute Gasteiger partial charge is 0.367 e. The minimum atomic E-state index is 0.698. The van der Waals surface area contributed by atoms with Crippen LogP contribution >= 0.6 is 0 Å². The Balaban J connectivity index is 2.24. The summed E-state index contributed by atoms with van der Waals surface area (Å²) in [6.07, 6.45) is 5.05. The molecular formula is C14H22N2. The molecule has 0 radical (unpaired) electrons. The van der Waals surface area contributed by atoms with Crippen molar-refractivity contribution < 1.29 is 0 Å². The lowest BCUT2D eigenvalue weighted by Gasteiger charge is -2.39. The smallest absolute Gasteiger partial charge is 0.0401 e. The molecule has 16 heavy (non-hydrogen) atoms. The Bertz CT molecular complexity index is 335. The molecule has 1 aliphatic rings. The Kier molecular flexibility index (Phi) is 3.83. The van der Waals surface area contributed by atoms with Gasteiger partial charge in [0.1, 0.15) is 0 Å². The monoisotopic (exact) mass is 218 g/mol. The van der Waals surface area contributed by atoms with Crippen LogP contribution in [0.25, 0.3) is 0 Å². The first-order chi connectivity index (χ1) is 7.86. The van der Waals surface area contributed by atoms with Gasteiger partial charge in [0.25, 0.3) is 0 Å². The van der Waals surface area contributed by atoms with Gasteiger partial charge in [-0.25, -0.2) is 0 Å². The van der Waals surface area contributed by atoms with Crippen molar-refractivity contribution in [2.24, 2.45) is 5.73 Å². The number of nitrogens with two attached hydrogens (primary N) is 1. The SMILES string of the molecule is CCCC1CCc2ccccc2N1CCN. The van der Waals surface area contributed by atoms with Gasteiger partial charge in [0.15, 0.2) is 0 Å². The van der Waals surface area contributed by atoms with E-state index < -0.39 is 0 Å². The van der Waals surface area contributed by atoms with Crippen molar-refractivity contribution >= 4 is 5.69 Å². The minimum absolute atomic E-state index is 0.698. The standard InChI is InChI=1S/C14H22N2/c1-2-5-13-9-8-12-6-3-4-7-14(12)16(13)11-10-15/h3-4,6-7,13H,2,5,8-11,15H2,1H3. The van der Waals surface area contributed by atoms with Crippen LogP contribution in [-0.4, -0.2) is 19.1 Å². The molecule has 1 aliphatic heterocycles. The number of nitrogens with zero attached hydrogens (tertiary/aromatic N) is 1. The van der Waals surface area contributed by atoms with Crippen molar-refractivity contribution in [1.82, 2.24) is 0 Å². The van der Waals surface area contributed by atoms with Gasteiger partial charge in [0.2, 0.25) is 0 Å². The lowest BCUT2D eigenvalue weighted by Crippen LogP contribution is -2.42. The van der Waals surface area contributed by atoms with E-state index in [4.69, 9.17) is 5.73 Å². The number of para-hydroxylation sites is 1. The number of fused-ring (bicyclic) bond motifs is 1. The van der Waals surface area contributed by atoms with Gasteiger partial charge in [0, 0.05) is 24.8 Å². The summed E-state index contributed by atoms with van der Waals surface area (Å²) in [5.74, 6) is 0. The summed E-state index contributed by atoms with van der Waals surface area (Å²) in [5.41, 5.74) is 8.64. The molecule has 0 bridgehead atoms. The molecule has 0 aliphatic carbocycles. The second kappa shape index (κ2) is 5.35. The molecule has 0 amide bonds. The number of rotatable bonds is 4. The van der Waals surface area contributed by atoms with Crippen LogP contribution in [0, 0.1) is 0 Å². The highest BCUT2D eigenvalue weighted by Crippen LogP contribution is 2.31. The van der Waals surface area contributed by atoms with E-state index in [1.54, 1.807) is 0 Å². The minimum Gasteiger partial charge on any atom is -0.367 e. The van der Waals surface area contributed by atoms with Gasteiger partial charge in [-0.1, -0.05) is 31.5 Å². The molecule has 0 saturated heterocycles. The third kappa shape index (κ3) is 2.22. The first kappa shape index (κ1) is 11.5. The lowest BCUT2D eigenvalue weighted by molar-refractivity contribution is 0.492. The normalized spacial score (nSPS) is 19.6. The molecule has 2 nitrogen and oxygen atoms in total. The fourth-order valence-corrected chi connectivity index (χ4v) is 2.75. The summed E-state index contributed by atoms with van der Waals surface area (Å²) < 4.78 is 0. The highest BCUT2D eigenvalue weighted by molar-refractivity contribution is 5.56. The van der Waals surface area contributed by atoms with Gasteiger partial charge in [-0.3, -0.25) is 0 Å². The molecule has 0 aromatic heterocycles. The summed E-state index contributed by atoms with van der Waals surface area (Å²) in [5, 5.41) is 0. The van der Waals surface area contributed by atoms with E-state index in [0.29, 0.717) is 6.04 Å². The van der Waals surface area contributed by atoms with Crippen molar-refractivity contribution in [3.05, 3.63) is 29.8 Å². The van der Waals surface area contributed by atoms with Crippen LogP contribution < -0.4 is 10.6 Å². The van der Waals surface area contributed by atoms with Gasteiger partial charge >= 0.3 is 0 Å². The molecule has 1 heterocycles. The van der Waals surface area contributed by atoms with E-state index in [-0.39, 0.29) is 0 Å². The third-order valence-electron chi connectivity index (χ3n) is 3.48. The molecule has 0 saturated carbocycles. The summed E-state index contributed by atoms with van der Waals surface area (Å²) in [4.78, 5) is 2.52. The zero-order valence-electron chi connectivity index (χ0n) is 10.2. The predicted octanol–water partition coefficient (Wildman–Crippen LogP) is 2.57. The maximum Gasteiger partial charge on any atom is 0.0401 e. The Labute approximate surface area is 98.4 Å². The Morgan fingerprint density at radius 1 is 1.38 bits per heavy atom. The van der Waals surface area contributed by atoms with Crippen LogP contribution in [-0.2, 0) is 6.42 Å². The highest BCUT2D eigenvalue weighted by atomic mass is 15.2. The van der Waals surface area contributed by atoms with Crippen molar-refractivity contribution in [1.29, 1.82) is 0 Å². The first-order valence-corrected chi connectivity index (χ1v) is 6.41. The Hall–Kier alpha value is -1.02. The van der Waals surface area contributed by atoms with Gasteiger partial charge in [0.05, 0.1) is 0 Å². The predicted molar refractivity (Wildman–Crippen MR) is 69.9 cm³/mol. The second-order valence-electron chi connectivity index (χ2n) is 4.59. The zero-order valence-corrected chi connectivity index (χ0v) is 10.2. The van der Waals surface area contributed by atoms with E-state index in [2.05, 4.69) is 36.1 Å². The summed E-state index contributed by atoms with van der Waals surface area (Å²) in [6, 6.07) is 9.47. The van der Waals surface area contributed by atoms with E-state index >= 15 is 0 Å². The van der Waals surface area contributed by atoms with Gasteiger partial charge < -0.3 is 10.6 Å². The van der Waals surface area contributed by atoms with E-state index in [1.165, 1.54) is 36.9 Å². The molecule has 1 unspecified atom stereocenters. The molecule has 1 aromatic carbocycles. The fourth-order valence-electron chi connectivity index (χ4n) is 2.75. The summed E-state index contributed by atoms with van der Waals surface area (Å²) in [7, 11) is 0. The Morgan fingerprint density at radius 3 is 2.94 bits per heavy atom. The van der Waals surface area contributed by atoms with E-state index in [9.17, 15) is 0 Å². The zero-order chi connectivity index (χ0) is 11.4. The number of benzene rings is 1. The van der Waals surface area contributed by atoms with Crippen LogP contribution in [0.2, 0.25) is 0 Å². The molecule has 1 atom stereocenters. The van der Waals surface area contributed by atoms with Crippen molar-refractivity contribution in [2.75, 3.05) is 18.0 Å². The maximum atomic E-state index is 5.73. The van der Waals surface area contributed by atoms with Crippen molar-refractivity contribution in [3.63, 3.8) is 0 Å². The topological polar surface area (TPSA) is 29.3 Å². The van der Waals surface area contributed by atoms with Crippen LogP contribution in [0.15, 0.2) is 24.3 Å². The molecule has 88 valence electrons. The number of hydrogen-bond acceptors (Lipinski definition) is 2. The van der Waals surface area contributed by atoms with E-state index in [1.807, 2.05) is 0 Å². The summed E-state index contributed by atoms with van der Waals surface area (Å²) in [6.45, 7) is 4.00. The number of hydrogen-bond donors (Lipinski definition) is 1. The maximum absolute atomic E-state index is 5.73. The molecule has 2 rings (SSSR count). The second-order valence-corrected chi connectivity index (χ2v) is 4.59. The van der Waals surface area contributed by atoms with Crippen molar-refractivity contribution in [2.45, 2.75) is 38.6 Å². The average molecular weight is 218 g/mol. The molecule has 0 spiro atoms. The lowest BCUT2D eigenvalue weighted by atomic mass is 9.93. The average Bonchev–Trinajstić information content (AvgIpc) is 2.32.